The second-order valence-electron chi connectivity index (χ2n) is 5.90. The molecule has 1 aliphatic carbocycles. The van der Waals surface area contributed by atoms with Gasteiger partial charge in [-0.2, -0.15) is 4.31 Å². The number of ether oxygens (including phenoxy) is 1. The Kier molecular flexibility index (Phi) is 4.20. The van der Waals surface area contributed by atoms with Crippen molar-refractivity contribution in [2.75, 3.05) is 13.7 Å². The molecule has 0 N–H and O–H groups in total. The number of nitrogens with zero attached hydrogens (tertiary/aromatic N) is 1. The summed E-state index contributed by atoms with van der Waals surface area (Å²) >= 11 is 0. The van der Waals surface area contributed by atoms with E-state index in [-0.39, 0.29) is 12.0 Å². The van der Waals surface area contributed by atoms with Crippen LogP contribution in [0.4, 0.5) is 0 Å². The third kappa shape index (κ3) is 2.65. The Morgan fingerprint density at radius 3 is 2.47 bits per heavy atom. The summed E-state index contributed by atoms with van der Waals surface area (Å²) in [5.41, 5.74) is 0. The molecule has 0 spiro atoms. The average Bonchev–Trinajstić information content (AvgIpc) is 2.95. The van der Waals surface area contributed by atoms with Gasteiger partial charge in [0.2, 0.25) is 10.0 Å². The molecule has 1 saturated heterocycles. The van der Waals surface area contributed by atoms with Crippen LogP contribution in [0, 0.1) is 11.8 Å². The molecule has 0 aromatic carbocycles. The van der Waals surface area contributed by atoms with E-state index in [0.717, 1.165) is 12.8 Å². The Balaban J connectivity index is 2.22. The summed E-state index contributed by atoms with van der Waals surface area (Å²) in [6, 6.07) is 0.0406. The van der Waals surface area contributed by atoms with Crippen LogP contribution in [-0.4, -0.2) is 43.6 Å². The van der Waals surface area contributed by atoms with Crippen LogP contribution in [0.1, 0.15) is 39.5 Å². The lowest BCUT2D eigenvalue weighted by molar-refractivity contribution is -0.145. The molecule has 0 bridgehead atoms. The van der Waals surface area contributed by atoms with E-state index >= 15 is 0 Å². The molecule has 0 amide bonds. The lowest BCUT2D eigenvalue weighted by Crippen LogP contribution is -2.44. The smallest absolute Gasteiger partial charge is 0.310 e. The third-order valence-electron chi connectivity index (χ3n) is 4.39. The van der Waals surface area contributed by atoms with Gasteiger partial charge in [0.25, 0.3) is 0 Å². The minimum Gasteiger partial charge on any atom is -0.469 e. The van der Waals surface area contributed by atoms with Gasteiger partial charge in [-0.3, -0.25) is 4.79 Å². The number of methoxy groups -OCH3 is 1. The highest BCUT2D eigenvalue weighted by Crippen LogP contribution is 2.37. The van der Waals surface area contributed by atoms with Crippen molar-refractivity contribution in [1.82, 2.24) is 4.31 Å². The lowest BCUT2D eigenvalue weighted by Gasteiger charge is -2.27. The zero-order valence-corrected chi connectivity index (χ0v) is 12.6. The first-order chi connectivity index (χ1) is 8.87. The van der Waals surface area contributed by atoms with E-state index in [1.807, 2.05) is 6.92 Å². The molecule has 0 aromatic heterocycles. The predicted molar refractivity (Wildman–Crippen MR) is 72.0 cm³/mol. The Bertz CT molecular complexity index is 448. The topological polar surface area (TPSA) is 63.7 Å². The normalized spacial score (nSPS) is 36.6. The summed E-state index contributed by atoms with van der Waals surface area (Å²) in [6.45, 7) is 4.59. The number of hydrogen-bond acceptors (Lipinski definition) is 4. The summed E-state index contributed by atoms with van der Waals surface area (Å²) in [6.07, 6.45) is 2.87. The summed E-state index contributed by atoms with van der Waals surface area (Å²) < 4.78 is 31.8. The Hall–Kier alpha value is -0.620. The number of sulfonamides is 1. The fraction of sp³-hybridized carbons (Fsp3) is 0.923. The molecule has 5 nitrogen and oxygen atoms in total. The van der Waals surface area contributed by atoms with Gasteiger partial charge in [-0.15, -0.1) is 0 Å². The van der Waals surface area contributed by atoms with E-state index < -0.39 is 21.2 Å². The number of hydrogen-bond donors (Lipinski definition) is 0. The number of rotatable bonds is 3. The first-order valence-electron chi connectivity index (χ1n) is 6.96. The van der Waals surface area contributed by atoms with Gasteiger partial charge in [-0.1, -0.05) is 13.3 Å². The highest BCUT2D eigenvalue weighted by Gasteiger charge is 2.47. The predicted octanol–water partition coefficient (Wildman–Crippen LogP) is 1.39. The average molecular weight is 289 g/mol. The number of carbonyl (C=O) groups is 1. The van der Waals surface area contributed by atoms with E-state index in [2.05, 4.69) is 6.92 Å². The highest BCUT2D eigenvalue weighted by molar-refractivity contribution is 7.89. The van der Waals surface area contributed by atoms with Crippen molar-refractivity contribution in [1.29, 1.82) is 0 Å². The van der Waals surface area contributed by atoms with Crippen molar-refractivity contribution in [3.8, 4) is 0 Å². The second kappa shape index (κ2) is 5.40. The summed E-state index contributed by atoms with van der Waals surface area (Å²) in [7, 11) is -2.07. The van der Waals surface area contributed by atoms with E-state index in [0.29, 0.717) is 25.3 Å². The van der Waals surface area contributed by atoms with Gasteiger partial charge < -0.3 is 4.74 Å². The summed E-state index contributed by atoms with van der Waals surface area (Å²) in [5.74, 6) is -0.480. The van der Waals surface area contributed by atoms with Gasteiger partial charge in [0.05, 0.1) is 18.3 Å². The van der Waals surface area contributed by atoms with Crippen molar-refractivity contribution in [2.24, 2.45) is 11.8 Å². The van der Waals surface area contributed by atoms with Gasteiger partial charge in [0.1, 0.15) is 0 Å². The van der Waals surface area contributed by atoms with Crippen LogP contribution in [0.3, 0.4) is 0 Å². The molecular formula is C13H23NO4S. The fourth-order valence-corrected chi connectivity index (χ4v) is 6.02. The minimum atomic E-state index is -3.39. The molecule has 1 heterocycles. The third-order valence-corrected chi connectivity index (χ3v) is 6.88. The van der Waals surface area contributed by atoms with E-state index in [1.165, 1.54) is 7.11 Å². The zero-order chi connectivity index (χ0) is 14.2. The molecule has 0 aromatic rings. The van der Waals surface area contributed by atoms with Gasteiger partial charge >= 0.3 is 5.97 Å². The molecule has 6 heteroatoms. The largest absolute Gasteiger partial charge is 0.469 e. The Labute approximate surface area is 115 Å². The molecule has 0 radical (unpaired) electrons. The maximum absolute atomic E-state index is 12.7. The molecule has 2 aliphatic rings. The van der Waals surface area contributed by atoms with E-state index in [1.54, 1.807) is 4.31 Å². The van der Waals surface area contributed by atoms with Crippen LogP contribution in [0.25, 0.3) is 0 Å². The monoisotopic (exact) mass is 289 g/mol. The van der Waals surface area contributed by atoms with Gasteiger partial charge in [0, 0.05) is 12.6 Å². The number of carbonyl (C=O) groups excluding carboxylic acids is 1. The molecule has 19 heavy (non-hydrogen) atoms. The van der Waals surface area contributed by atoms with Gasteiger partial charge in [0.15, 0.2) is 0 Å². The number of esters is 1. The molecule has 2 fully saturated rings. The fourth-order valence-electron chi connectivity index (χ4n) is 3.49. The first kappa shape index (κ1) is 14.8. The van der Waals surface area contributed by atoms with Crippen LogP contribution in [0.15, 0.2) is 0 Å². The zero-order valence-electron chi connectivity index (χ0n) is 11.8. The SMILES string of the molecule is COC(=O)C1CCCC1S(=O)(=O)N1CC(C)CC1C. The van der Waals surface area contributed by atoms with Crippen LogP contribution in [0.2, 0.25) is 0 Å². The molecule has 4 unspecified atom stereocenters. The maximum Gasteiger partial charge on any atom is 0.310 e. The van der Waals surface area contributed by atoms with Gasteiger partial charge in [-0.25, -0.2) is 8.42 Å². The summed E-state index contributed by atoms with van der Waals surface area (Å²) in [5, 5.41) is -0.590. The molecule has 1 saturated carbocycles. The molecule has 4 atom stereocenters. The van der Waals surface area contributed by atoms with Crippen molar-refractivity contribution >= 4 is 16.0 Å². The minimum absolute atomic E-state index is 0.0406. The van der Waals surface area contributed by atoms with Crippen LogP contribution >= 0.6 is 0 Å². The van der Waals surface area contributed by atoms with Crippen LogP contribution in [-0.2, 0) is 19.6 Å². The van der Waals surface area contributed by atoms with Crippen molar-refractivity contribution in [3.63, 3.8) is 0 Å². The van der Waals surface area contributed by atoms with Crippen molar-refractivity contribution < 1.29 is 17.9 Å². The quantitative estimate of drug-likeness (QED) is 0.737. The molecular weight excluding hydrogens is 266 g/mol. The van der Waals surface area contributed by atoms with E-state index in [9.17, 15) is 13.2 Å². The molecule has 110 valence electrons. The van der Waals surface area contributed by atoms with Crippen molar-refractivity contribution in [3.05, 3.63) is 0 Å². The van der Waals surface area contributed by atoms with E-state index in [4.69, 9.17) is 4.74 Å². The maximum atomic E-state index is 12.7. The summed E-state index contributed by atoms with van der Waals surface area (Å²) in [4.78, 5) is 11.7. The van der Waals surface area contributed by atoms with Crippen molar-refractivity contribution in [2.45, 2.75) is 50.8 Å². The standard InChI is InChI=1S/C13H23NO4S/c1-9-7-10(2)14(8-9)19(16,17)12-6-4-5-11(12)13(15)18-3/h9-12H,4-8H2,1-3H3. The van der Waals surface area contributed by atoms with Gasteiger partial charge in [-0.05, 0) is 32.1 Å². The highest BCUT2D eigenvalue weighted by atomic mass is 32.2. The Morgan fingerprint density at radius 2 is 1.95 bits per heavy atom. The first-order valence-corrected chi connectivity index (χ1v) is 8.46. The molecule has 2 rings (SSSR count). The Morgan fingerprint density at radius 1 is 1.26 bits per heavy atom. The van der Waals surface area contributed by atoms with Crippen LogP contribution < -0.4 is 0 Å². The lowest BCUT2D eigenvalue weighted by atomic mass is 10.1. The molecule has 1 aliphatic heterocycles. The second-order valence-corrected chi connectivity index (χ2v) is 8.01. The van der Waals surface area contributed by atoms with Crippen LogP contribution in [0.5, 0.6) is 0 Å².